The van der Waals surface area contributed by atoms with E-state index in [4.69, 9.17) is 0 Å². The van der Waals surface area contributed by atoms with E-state index in [1.807, 2.05) is 44.2 Å². The molecular weight excluding hydrogens is 226 g/mol. The summed E-state index contributed by atoms with van der Waals surface area (Å²) in [6.07, 6.45) is 1.37. The molecule has 1 aromatic carbocycles. The number of hydrogen-bond donors (Lipinski definition) is 2. The SMILES string of the molecule is CCC(C(=O)NCC(C)(O)CC)c1ccccc1. The predicted molar refractivity (Wildman–Crippen MR) is 73.4 cm³/mol. The zero-order valence-corrected chi connectivity index (χ0v) is 11.4. The number of aliphatic hydroxyl groups is 1. The lowest BCUT2D eigenvalue weighted by Gasteiger charge is -2.23. The van der Waals surface area contributed by atoms with Crippen LogP contribution in [0.3, 0.4) is 0 Å². The average molecular weight is 249 g/mol. The van der Waals surface area contributed by atoms with E-state index in [2.05, 4.69) is 5.32 Å². The van der Waals surface area contributed by atoms with Gasteiger partial charge in [-0.2, -0.15) is 0 Å². The summed E-state index contributed by atoms with van der Waals surface area (Å²) in [6, 6.07) is 9.74. The average Bonchev–Trinajstić information content (AvgIpc) is 2.39. The van der Waals surface area contributed by atoms with Crippen LogP contribution in [-0.2, 0) is 4.79 Å². The molecule has 0 radical (unpaired) electrons. The van der Waals surface area contributed by atoms with Crippen LogP contribution in [0.4, 0.5) is 0 Å². The molecule has 0 fully saturated rings. The van der Waals surface area contributed by atoms with Gasteiger partial charge in [0.25, 0.3) is 0 Å². The van der Waals surface area contributed by atoms with E-state index in [1.54, 1.807) is 6.92 Å². The van der Waals surface area contributed by atoms with Gasteiger partial charge in [-0.3, -0.25) is 4.79 Å². The molecule has 0 spiro atoms. The van der Waals surface area contributed by atoms with Crippen LogP contribution in [0.5, 0.6) is 0 Å². The number of rotatable bonds is 6. The zero-order chi connectivity index (χ0) is 13.6. The van der Waals surface area contributed by atoms with Crippen molar-refractivity contribution >= 4 is 5.91 Å². The Morgan fingerprint density at radius 1 is 1.33 bits per heavy atom. The Balaban J connectivity index is 2.64. The molecule has 0 saturated carbocycles. The van der Waals surface area contributed by atoms with E-state index in [1.165, 1.54) is 0 Å². The van der Waals surface area contributed by atoms with Crippen LogP contribution >= 0.6 is 0 Å². The summed E-state index contributed by atoms with van der Waals surface area (Å²) < 4.78 is 0. The summed E-state index contributed by atoms with van der Waals surface area (Å²) >= 11 is 0. The molecule has 2 N–H and O–H groups in total. The number of nitrogens with one attached hydrogen (secondary N) is 1. The second-order valence-electron chi connectivity index (χ2n) is 4.94. The van der Waals surface area contributed by atoms with Crippen LogP contribution < -0.4 is 5.32 Å². The molecule has 0 aliphatic carbocycles. The number of carbonyl (C=O) groups excluding carboxylic acids is 1. The van der Waals surface area contributed by atoms with Gasteiger partial charge in [-0.25, -0.2) is 0 Å². The molecule has 100 valence electrons. The number of carbonyl (C=O) groups is 1. The molecule has 18 heavy (non-hydrogen) atoms. The number of amides is 1. The fraction of sp³-hybridized carbons (Fsp3) is 0.533. The molecule has 0 aliphatic heterocycles. The summed E-state index contributed by atoms with van der Waals surface area (Å²) in [7, 11) is 0. The highest BCUT2D eigenvalue weighted by Gasteiger charge is 2.22. The monoisotopic (exact) mass is 249 g/mol. The molecule has 2 unspecified atom stereocenters. The van der Waals surface area contributed by atoms with Gasteiger partial charge in [-0.1, -0.05) is 44.2 Å². The Labute approximate surface area is 109 Å². The molecule has 3 heteroatoms. The van der Waals surface area contributed by atoms with Crippen LogP contribution in [0, 0.1) is 0 Å². The highest BCUT2D eigenvalue weighted by Crippen LogP contribution is 2.19. The van der Waals surface area contributed by atoms with E-state index < -0.39 is 5.60 Å². The minimum Gasteiger partial charge on any atom is -0.388 e. The third-order valence-electron chi connectivity index (χ3n) is 3.33. The van der Waals surface area contributed by atoms with Gasteiger partial charge in [0.05, 0.1) is 11.5 Å². The third-order valence-corrected chi connectivity index (χ3v) is 3.33. The second-order valence-corrected chi connectivity index (χ2v) is 4.94. The van der Waals surface area contributed by atoms with Gasteiger partial charge in [-0.05, 0) is 25.3 Å². The first-order valence-corrected chi connectivity index (χ1v) is 6.55. The summed E-state index contributed by atoms with van der Waals surface area (Å²) in [5.41, 5.74) is 0.193. The normalized spacial score (nSPS) is 15.8. The molecule has 0 aromatic heterocycles. The van der Waals surface area contributed by atoms with Crippen LogP contribution in [0.15, 0.2) is 30.3 Å². The molecule has 2 atom stereocenters. The summed E-state index contributed by atoms with van der Waals surface area (Å²) in [4.78, 5) is 12.1. The molecule has 0 bridgehead atoms. The molecule has 0 heterocycles. The Hall–Kier alpha value is -1.35. The molecule has 1 aromatic rings. The summed E-state index contributed by atoms with van der Waals surface area (Å²) in [5, 5.41) is 12.7. The van der Waals surface area contributed by atoms with Crippen molar-refractivity contribution in [1.82, 2.24) is 5.32 Å². The zero-order valence-electron chi connectivity index (χ0n) is 11.4. The third kappa shape index (κ3) is 4.15. The predicted octanol–water partition coefficient (Wildman–Crippen LogP) is 2.46. The quantitative estimate of drug-likeness (QED) is 0.813. The van der Waals surface area contributed by atoms with Gasteiger partial charge < -0.3 is 10.4 Å². The van der Waals surface area contributed by atoms with Gasteiger partial charge >= 0.3 is 0 Å². The van der Waals surface area contributed by atoms with Gasteiger partial charge in [0.15, 0.2) is 0 Å². The molecular formula is C15H23NO2. The van der Waals surface area contributed by atoms with E-state index in [0.29, 0.717) is 13.0 Å². The highest BCUT2D eigenvalue weighted by molar-refractivity contribution is 5.83. The van der Waals surface area contributed by atoms with Crippen LogP contribution in [-0.4, -0.2) is 23.2 Å². The van der Waals surface area contributed by atoms with Crippen molar-refractivity contribution in [3.05, 3.63) is 35.9 Å². The summed E-state index contributed by atoms with van der Waals surface area (Å²) in [6.45, 7) is 5.93. The maximum Gasteiger partial charge on any atom is 0.227 e. The standard InChI is InChI=1S/C15H23NO2/c1-4-13(12-9-7-6-8-10-12)14(17)16-11-15(3,18)5-2/h6-10,13,18H,4-5,11H2,1-3H3,(H,16,17). The molecule has 1 rings (SSSR count). The van der Waals surface area contributed by atoms with Crippen molar-refractivity contribution in [3.63, 3.8) is 0 Å². The lowest BCUT2D eigenvalue weighted by molar-refractivity contribution is -0.123. The van der Waals surface area contributed by atoms with Crippen molar-refractivity contribution in [1.29, 1.82) is 0 Å². The van der Waals surface area contributed by atoms with Gasteiger partial charge in [0, 0.05) is 6.54 Å². The smallest absolute Gasteiger partial charge is 0.227 e. The molecule has 0 saturated heterocycles. The van der Waals surface area contributed by atoms with Crippen molar-refractivity contribution in [2.75, 3.05) is 6.54 Å². The van der Waals surface area contributed by atoms with Gasteiger partial charge in [0.1, 0.15) is 0 Å². The molecule has 1 amide bonds. The first kappa shape index (κ1) is 14.7. The van der Waals surface area contributed by atoms with Crippen molar-refractivity contribution in [2.45, 2.75) is 45.1 Å². The maximum atomic E-state index is 12.1. The molecule has 3 nitrogen and oxygen atoms in total. The lowest BCUT2D eigenvalue weighted by Crippen LogP contribution is -2.41. The first-order valence-electron chi connectivity index (χ1n) is 6.55. The van der Waals surface area contributed by atoms with Gasteiger partial charge in [-0.15, -0.1) is 0 Å². The Morgan fingerprint density at radius 2 is 1.94 bits per heavy atom. The maximum absolute atomic E-state index is 12.1. The highest BCUT2D eigenvalue weighted by atomic mass is 16.3. The second kappa shape index (κ2) is 6.55. The van der Waals surface area contributed by atoms with Crippen LogP contribution in [0.25, 0.3) is 0 Å². The fourth-order valence-corrected chi connectivity index (χ4v) is 1.78. The minimum absolute atomic E-state index is 0.0163. The topological polar surface area (TPSA) is 49.3 Å². The van der Waals surface area contributed by atoms with E-state index in [0.717, 1.165) is 12.0 Å². The largest absolute Gasteiger partial charge is 0.388 e. The molecule has 0 aliphatic rings. The Bertz CT molecular complexity index is 373. The fourth-order valence-electron chi connectivity index (χ4n) is 1.78. The van der Waals surface area contributed by atoms with Crippen LogP contribution in [0.2, 0.25) is 0 Å². The van der Waals surface area contributed by atoms with E-state index in [9.17, 15) is 9.90 Å². The number of benzene rings is 1. The van der Waals surface area contributed by atoms with Crippen LogP contribution in [0.1, 0.15) is 45.1 Å². The lowest BCUT2D eigenvalue weighted by atomic mass is 9.95. The van der Waals surface area contributed by atoms with E-state index in [-0.39, 0.29) is 11.8 Å². The van der Waals surface area contributed by atoms with Gasteiger partial charge in [0.2, 0.25) is 5.91 Å². The van der Waals surface area contributed by atoms with Crippen molar-refractivity contribution < 1.29 is 9.90 Å². The Kier molecular flexibility index (Phi) is 5.35. The first-order chi connectivity index (χ1) is 8.50. The van der Waals surface area contributed by atoms with E-state index >= 15 is 0 Å². The minimum atomic E-state index is -0.829. The Morgan fingerprint density at radius 3 is 2.44 bits per heavy atom. The van der Waals surface area contributed by atoms with Crippen molar-refractivity contribution in [2.24, 2.45) is 0 Å². The number of hydrogen-bond acceptors (Lipinski definition) is 2. The van der Waals surface area contributed by atoms with Crippen molar-refractivity contribution in [3.8, 4) is 0 Å². The summed E-state index contributed by atoms with van der Waals surface area (Å²) in [5.74, 6) is -0.156.